The molecule has 0 bridgehead atoms. The van der Waals surface area contributed by atoms with Crippen LogP contribution in [0.1, 0.15) is 20.3 Å². The lowest BCUT2D eigenvalue weighted by molar-refractivity contribution is -0.138. The van der Waals surface area contributed by atoms with E-state index in [4.69, 9.17) is 10.8 Å². The lowest BCUT2D eigenvalue weighted by Gasteiger charge is -2.28. The molecule has 0 amide bonds. The second-order valence-corrected chi connectivity index (χ2v) is 3.80. The van der Waals surface area contributed by atoms with Crippen molar-refractivity contribution in [3.05, 3.63) is 24.3 Å². The number of aliphatic carboxylic acids is 1. The van der Waals surface area contributed by atoms with Crippen LogP contribution in [0.5, 0.6) is 0 Å². The minimum absolute atomic E-state index is 0.524. The van der Waals surface area contributed by atoms with E-state index in [0.717, 1.165) is 18.7 Å². The van der Waals surface area contributed by atoms with Crippen molar-refractivity contribution in [3.63, 3.8) is 0 Å². The standard InChI is InChI=1S/C12H18N2O2/c1-3-8-14(9(2)12(15)16)11-6-4-10(13)5-7-11/h4-7,9H,3,8,13H2,1-2H3,(H,15,16). The minimum atomic E-state index is -0.815. The van der Waals surface area contributed by atoms with Gasteiger partial charge >= 0.3 is 5.97 Å². The molecule has 4 nitrogen and oxygen atoms in total. The quantitative estimate of drug-likeness (QED) is 0.747. The Bertz CT molecular complexity index is 349. The van der Waals surface area contributed by atoms with Gasteiger partial charge in [0.2, 0.25) is 0 Å². The van der Waals surface area contributed by atoms with Crippen LogP contribution in [0.15, 0.2) is 24.3 Å². The van der Waals surface area contributed by atoms with Crippen LogP contribution in [0.2, 0.25) is 0 Å². The van der Waals surface area contributed by atoms with Gasteiger partial charge in [-0.25, -0.2) is 4.79 Å². The third kappa shape index (κ3) is 2.89. The first kappa shape index (κ1) is 12.4. The second-order valence-electron chi connectivity index (χ2n) is 3.80. The molecule has 0 spiro atoms. The number of carboxylic acid groups (broad SMARTS) is 1. The first-order chi connectivity index (χ1) is 7.56. The first-order valence-corrected chi connectivity index (χ1v) is 5.41. The third-order valence-electron chi connectivity index (χ3n) is 2.51. The van der Waals surface area contributed by atoms with E-state index in [0.29, 0.717) is 5.69 Å². The molecule has 0 aliphatic carbocycles. The van der Waals surface area contributed by atoms with E-state index in [1.165, 1.54) is 0 Å². The molecule has 4 heteroatoms. The van der Waals surface area contributed by atoms with E-state index < -0.39 is 12.0 Å². The van der Waals surface area contributed by atoms with Crippen molar-refractivity contribution in [2.75, 3.05) is 17.2 Å². The van der Waals surface area contributed by atoms with E-state index in [2.05, 4.69) is 0 Å². The molecule has 16 heavy (non-hydrogen) atoms. The fraction of sp³-hybridized carbons (Fsp3) is 0.417. The van der Waals surface area contributed by atoms with Crippen molar-refractivity contribution in [1.82, 2.24) is 0 Å². The smallest absolute Gasteiger partial charge is 0.326 e. The van der Waals surface area contributed by atoms with Crippen LogP contribution in [0, 0.1) is 0 Å². The highest BCUT2D eigenvalue weighted by atomic mass is 16.4. The Morgan fingerprint density at radius 1 is 1.44 bits per heavy atom. The van der Waals surface area contributed by atoms with Gasteiger partial charge in [-0.1, -0.05) is 6.92 Å². The molecule has 1 rings (SSSR count). The molecule has 0 radical (unpaired) electrons. The molecule has 0 heterocycles. The van der Waals surface area contributed by atoms with Crippen molar-refractivity contribution in [2.45, 2.75) is 26.3 Å². The molecule has 1 aromatic rings. The molecule has 0 aliphatic rings. The van der Waals surface area contributed by atoms with Gasteiger partial charge in [0, 0.05) is 17.9 Å². The average Bonchev–Trinajstić information content (AvgIpc) is 2.26. The van der Waals surface area contributed by atoms with Gasteiger partial charge in [-0.05, 0) is 37.6 Å². The van der Waals surface area contributed by atoms with Gasteiger partial charge in [-0.2, -0.15) is 0 Å². The molecule has 0 saturated heterocycles. The predicted molar refractivity (Wildman–Crippen MR) is 65.6 cm³/mol. The largest absolute Gasteiger partial charge is 0.480 e. The van der Waals surface area contributed by atoms with Gasteiger partial charge in [-0.3, -0.25) is 0 Å². The maximum absolute atomic E-state index is 11.0. The Hall–Kier alpha value is -1.71. The van der Waals surface area contributed by atoms with Crippen molar-refractivity contribution in [1.29, 1.82) is 0 Å². The van der Waals surface area contributed by atoms with E-state index >= 15 is 0 Å². The van der Waals surface area contributed by atoms with E-state index in [9.17, 15) is 4.79 Å². The predicted octanol–water partition coefficient (Wildman–Crippen LogP) is 1.96. The SMILES string of the molecule is CCCN(c1ccc(N)cc1)C(C)C(=O)O. The molecule has 0 aromatic heterocycles. The monoisotopic (exact) mass is 222 g/mol. The van der Waals surface area contributed by atoms with Gasteiger partial charge in [0.1, 0.15) is 6.04 Å². The average molecular weight is 222 g/mol. The van der Waals surface area contributed by atoms with Crippen LogP contribution in [-0.2, 0) is 4.79 Å². The summed E-state index contributed by atoms with van der Waals surface area (Å²) in [5.41, 5.74) is 7.18. The number of carbonyl (C=O) groups is 1. The summed E-state index contributed by atoms with van der Waals surface area (Å²) in [7, 11) is 0. The molecule has 88 valence electrons. The van der Waals surface area contributed by atoms with Crippen LogP contribution in [0.25, 0.3) is 0 Å². The Kier molecular flexibility index (Phi) is 4.17. The summed E-state index contributed by atoms with van der Waals surface area (Å²) in [4.78, 5) is 12.9. The number of nitrogen functional groups attached to an aromatic ring is 1. The number of benzene rings is 1. The number of nitrogens with zero attached hydrogens (tertiary/aromatic N) is 1. The molecule has 0 aliphatic heterocycles. The molecule has 1 aromatic carbocycles. The van der Waals surface area contributed by atoms with Crippen LogP contribution in [0.3, 0.4) is 0 Å². The van der Waals surface area contributed by atoms with Gasteiger partial charge in [0.05, 0.1) is 0 Å². The Balaban J connectivity index is 2.92. The van der Waals surface area contributed by atoms with Crippen molar-refractivity contribution >= 4 is 17.3 Å². The summed E-state index contributed by atoms with van der Waals surface area (Å²) >= 11 is 0. The number of carboxylic acids is 1. The highest BCUT2D eigenvalue weighted by Gasteiger charge is 2.19. The topological polar surface area (TPSA) is 66.6 Å². The lowest BCUT2D eigenvalue weighted by Crippen LogP contribution is -2.39. The number of hydrogen-bond acceptors (Lipinski definition) is 3. The molecular formula is C12H18N2O2. The fourth-order valence-electron chi connectivity index (χ4n) is 1.59. The van der Waals surface area contributed by atoms with Crippen LogP contribution in [0.4, 0.5) is 11.4 Å². The summed E-state index contributed by atoms with van der Waals surface area (Å²) in [5, 5.41) is 9.03. The van der Waals surface area contributed by atoms with E-state index in [-0.39, 0.29) is 0 Å². The zero-order chi connectivity index (χ0) is 12.1. The number of hydrogen-bond donors (Lipinski definition) is 2. The molecule has 1 unspecified atom stereocenters. The normalized spacial score (nSPS) is 12.1. The lowest BCUT2D eigenvalue weighted by atomic mass is 10.2. The molecular weight excluding hydrogens is 204 g/mol. The Morgan fingerprint density at radius 3 is 2.44 bits per heavy atom. The van der Waals surface area contributed by atoms with Crippen molar-refractivity contribution in [3.8, 4) is 0 Å². The van der Waals surface area contributed by atoms with Crippen LogP contribution < -0.4 is 10.6 Å². The second kappa shape index (κ2) is 5.39. The fourth-order valence-corrected chi connectivity index (χ4v) is 1.59. The third-order valence-corrected chi connectivity index (χ3v) is 2.51. The molecule has 3 N–H and O–H groups in total. The molecule has 0 fully saturated rings. The number of nitrogens with two attached hydrogens (primary N) is 1. The number of anilines is 2. The van der Waals surface area contributed by atoms with Crippen LogP contribution >= 0.6 is 0 Å². The first-order valence-electron chi connectivity index (χ1n) is 5.41. The summed E-state index contributed by atoms with van der Waals surface area (Å²) in [5.74, 6) is -0.815. The zero-order valence-corrected chi connectivity index (χ0v) is 9.68. The highest BCUT2D eigenvalue weighted by Crippen LogP contribution is 2.19. The molecule has 1 atom stereocenters. The number of rotatable bonds is 5. The Morgan fingerprint density at radius 2 is 2.00 bits per heavy atom. The van der Waals surface area contributed by atoms with Gasteiger partial charge in [0.15, 0.2) is 0 Å². The van der Waals surface area contributed by atoms with Crippen molar-refractivity contribution in [2.24, 2.45) is 0 Å². The maximum Gasteiger partial charge on any atom is 0.326 e. The van der Waals surface area contributed by atoms with Gasteiger partial charge in [0.25, 0.3) is 0 Å². The minimum Gasteiger partial charge on any atom is -0.480 e. The zero-order valence-electron chi connectivity index (χ0n) is 9.68. The highest BCUT2D eigenvalue weighted by molar-refractivity contribution is 5.77. The summed E-state index contributed by atoms with van der Waals surface area (Å²) in [6, 6.07) is 6.75. The summed E-state index contributed by atoms with van der Waals surface area (Å²) < 4.78 is 0. The van der Waals surface area contributed by atoms with Gasteiger partial charge in [-0.15, -0.1) is 0 Å². The summed E-state index contributed by atoms with van der Waals surface area (Å²) in [6.07, 6.45) is 0.905. The van der Waals surface area contributed by atoms with Crippen molar-refractivity contribution < 1.29 is 9.90 Å². The van der Waals surface area contributed by atoms with Gasteiger partial charge < -0.3 is 15.7 Å². The van der Waals surface area contributed by atoms with E-state index in [1.807, 2.05) is 24.0 Å². The summed E-state index contributed by atoms with van der Waals surface area (Å²) in [6.45, 7) is 4.44. The molecule has 0 saturated carbocycles. The van der Waals surface area contributed by atoms with Crippen LogP contribution in [-0.4, -0.2) is 23.7 Å². The Labute approximate surface area is 95.7 Å². The maximum atomic E-state index is 11.0. The van der Waals surface area contributed by atoms with E-state index in [1.54, 1.807) is 19.1 Å².